The summed E-state index contributed by atoms with van der Waals surface area (Å²) in [7, 11) is 0. The molecule has 0 bridgehead atoms. The van der Waals surface area contributed by atoms with Gasteiger partial charge in [0.15, 0.2) is 0 Å². The number of hydrogen-bond donors (Lipinski definition) is 0. The van der Waals surface area contributed by atoms with Gasteiger partial charge in [-0.2, -0.15) is 0 Å². The first kappa shape index (κ1) is 80.3. The molecule has 0 aromatic carbocycles. The van der Waals surface area contributed by atoms with Crippen LogP contribution in [0.2, 0.25) is 0 Å². The number of carboxylic acids is 2. The summed E-state index contributed by atoms with van der Waals surface area (Å²) in [5.74, 6) is -5.48. The third-order valence-electron chi connectivity index (χ3n) is 12.8. The third kappa shape index (κ3) is 64.1. The van der Waals surface area contributed by atoms with Crippen LogP contribution in [-0.4, -0.2) is 130 Å². The van der Waals surface area contributed by atoms with Crippen LogP contribution in [0.5, 0.6) is 0 Å². The van der Waals surface area contributed by atoms with E-state index in [9.17, 15) is 29.4 Å². The van der Waals surface area contributed by atoms with Gasteiger partial charge in [0.2, 0.25) is 0 Å². The van der Waals surface area contributed by atoms with Crippen LogP contribution >= 0.6 is 0 Å². The molecular formula is C60H108Na2O15. The fraction of sp³-hybridized carbons (Fsp3) is 0.867. The molecule has 0 rings (SSSR count). The van der Waals surface area contributed by atoms with Crippen molar-refractivity contribution in [1.82, 2.24) is 0 Å². The summed E-state index contributed by atoms with van der Waals surface area (Å²) in [5, 5.41) is 23.1. The molecule has 77 heavy (non-hydrogen) atoms. The topological polar surface area (TPSA) is 197 Å². The quantitative estimate of drug-likeness (QED) is 0.0355. The molecule has 0 spiro atoms. The summed E-state index contributed by atoms with van der Waals surface area (Å²) in [4.78, 5) is 47.5. The average molecular weight is 1120 g/mol. The Labute approximate surface area is 512 Å². The normalized spacial score (nSPS) is 12.2. The van der Waals surface area contributed by atoms with Crippen molar-refractivity contribution in [3.05, 3.63) is 24.3 Å². The first-order valence-electron chi connectivity index (χ1n) is 29.9. The van der Waals surface area contributed by atoms with Crippen LogP contribution in [0.4, 0.5) is 0 Å². The first-order valence-corrected chi connectivity index (χ1v) is 29.9. The third-order valence-corrected chi connectivity index (χ3v) is 12.8. The fourth-order valence-corrected chi connectivity index (χ4v) is 8.21. The Morgan fingerprint density at radius 2 is 0.519 bits per heavy atom. The molecule has 0 aromatic rings. The van der Waals surface area contributed by atoms with E-state index < -0.39 is 35.7 Å². The number of carbonyl (C=O) groups is 4. The Bertz CT molecular complexity index is 1230. The van der Waals surface area contributed by atoms with Crippen molar-refractivity contribution in [2.45, 2.75) is 219 Å². The van der Waals surface area contributed by atoms with E-state index in [0.29, 0.717) is 79.3 Å². The second-order valence-electron chi connectivity index (χ2n) is 19.6. The minimum atomic E-state index is -1.25. The van der Waals surface area contributed by atoms with Gasteiger partial charge in [0.05, 0.1) is 105 Å². The molecule has 17 heteroatoms. The Morgan fingerprint density at radius 1 is 0.312 bits per heavy atom. The van der Waals surface area contributed by atoms with Gasteiger partial charge in [0.25, 0.3) is 0 Å². The molecule has 15 nitrogen and oxygen atoms in total. The molecular weight excluding hydrogens is 1010 g/mol. The van der Waals surface area contributed by atoms with Crippen LogP contribution in [0.3, 0.4) is 0 Å². The monoisotopic (exact) mass is 1110 g/mol. The first-order chi connectivity index (χ1) is 36.8. The molecule has 2 unspecified atom stereocenters. The number of allylic oxidation sites excluding steroid dienone is 4. The van der Waals surface area contributed by atoms with E-state index in [4.69, 9.17) is 42.6 Å². The largest absolute Gasteiger partial charge is 1.00 e. The molecule has 0 aliphatic heterocycles. The van der Waals surface area contributed by atoms with E-state index in [1.54, 1.807) is 0 Å². The van der Waals surface area contributed by atoms with E-state index in [0.717, 1.165) is 25.7 Å². The average Bonchev–Trinajstić information content (AvgIpc) is 3.39. The van der Waals surface area contributed by atoms with E-state index in [-0.39, 0.29) is 111 Å². The molecule has 2 atom stereocenters. The van der Waals surface area contributed by atoms with Gasteiger partial charge in [-0.25, -0.2) is 0 Å². The van der Waals surface area contributed by atoms with Crippen molar-refractivity contribution < 1.29 is 131 Å². The minimum Gasteiger partial charge on any atom is -0.550 e. The van der Waals surface area contributed by atoms with Gasteiger partial charge in [0, 0.05) is 23.8 Å². The molecule has 0 N–H and O–H groups in total. The van der Waals surface area contributed by atoms with E-state index in [1.165, 1.54) is 154 Å². The predicted molar refractivity (Wildman–Crippen MR) is 292 cm³/mol. The maximum Gasteiger partial charge on any atom is 1.00 e. The standard InChI is InChI=1S/C60H110O15.2Na/c1-3-5-7-9-11-13-15-17-19-21-23-25-27-29-31-33-35-55(59(63)64)53-57(61)74-51-49-72-47-45-70-43-41-68-39-37-67-38-40-69-42-44-71-46-48-73-50-52-75-58(62)54-56(60(65)66)36-34-32-30-28-26-24-22-20-18-16-14-12-10-8-6-4-2;;/h31-34,55-56H,3-30,35-54H2,1-2H3,(H,63,64)(H,65,66);;/q;2*+1/p-2/b33-31+,34-32+;;. The molecule has 0 amide bonds. The summed E-state index contributed by atoms with van der Waals surface area (Å²) in [5.41, 5.74) is 0. The number of carbonyl (C=O) groups excluding carboxylic acids is 4. The minimum absolute atomic E-state index is 0. The van der Waals surface area contributed by atoms with Gasteiger partial charge in [-0.1, -0.05) is 192 Å². The fourth-order valence-electron chi connectivity index (χ4n) is 8.21. The van der Waals surface area contributed by atoms with Crippen LogP contribution in [-0.2, 0) is 61.8 Å². The number of hydrogen-bond acceptors (Lipinski definition) is 15. The maximum atomic E-state index is 12.2. The number of ether oxygens (including phenoxy) is 9. The number of esters is 2. The van der Waals surface area contributed by atoms with Crippen LogP contribution in [0, 0.1) is 11.8 Å². The molecule has 0 aromatic heterocycles. The van der Waals surface area contributed by atoms with Gasteiger partial charge < -0.3 is 62.4 Å². The van der Waals surface area contributed by atoms with Gasteiger partial charge in [-0.3, -0.25) is 9.59 Å². The molecule has 0 aliphatic carbocycles. The second-order valence-corrected chi connectivity index (χ2v) is 19.6. The zero-order valence-electron chi connectivity index (χ0n) is 49.5. The zero-order valence-corrected chi connectivity index (χ0v) is 53.5. The molecule has 0 saturated heterocycles. The summed E-state index contributed by atoms with van der Waals surface area (Å²) in [6.07, 6.45) is 43.5. The van der Waals surface area contributed by atoms with Gasteiger partial charge >= 0.3 is 71.1 Å². The zero-order chi connectivity index (χ0) is 54.6. The Kier molecular flexibility index (Phi) is 70.5. The van der Waals surface area contributed by atoms with Crippen molar-refractivity contribution in [1.29, 1.82) is 0 Å². The SMILES string of the molecule is CCCCCCCCCCCCCCC/C=C/CC(CC(=O)OCCOCCOCCOCCOCCOCCOCCOCCOC(=O)CC(C/C=C/CCCCCCCCCCCCCCC)C(=O)[O-])C(=O)[O-].[Na+].[Na+]. The number of rotatable bonds is 62. The number of carboxylic acid groups (broad SMARTS) is 2. The summed E-state index contributed by atoms with van der Waals surface area (Å²) < 4.78 is 48.6. The number of unbranched alkanes of at least 4 members (excludes halogenated alkanes) is 26. The van der Waals surface area contributed by atoms with Gasteiger partial charge in [-0.15, -0.1) is 0 Å². The molecule has 0 radical (unpaired) electrons. The molecule has 0 fully saturated rings. The van der Waals surface area contributed by atoms with E-state index in [2.05, 4.69) is 13.8 Å². The van der Waals surface area contributed by atoms with Crippen LogP contribution in [0.1, 0.15) is 219 Å². The molecule has 0 heterocycles. The Hall–Kier alpha value is -0.920. The summed E-state index contributed by atoms with van der Waals surface area (Å²) in [6, 6.07) is 0. The van der Waals surface area contributed by atoms with Crippen molar-refractivity contribution in [2.24, 2.45) is 11.8 Å². The summed E-state index contributed by atoms with van der Waals surface area (Å²) >= 11 is 0. The second kappa shape index (κ2) is 67.6. The van der Waals surface area contributed by atoms with Gasteiger partial charge in [-0.05, 0) is 38.5 Å². The Balaban J connectivity index is -0.0000274. The molecule has 0 aliphatic rings. The Morgan fingerprint density at radius 3 is 0.740 bits per heavy atom. The van der Waals surface area contributed by atoms with E-state index >= 15 is 0 Å². The van der Waals surface area contributed by atoms with Crippen LogP contribution in [0.25, 0.3) is 0 Å². The van der Waals surface area contributed by atoms with Crippen molar-refractivity contribution in [3.8, 4) is 0 Å². The van der Waals surface area contributed by atoms with Crippen molar-refractivity contribution >= 4 is 23.9 Å². The molecule has 0 saturated carbocycles. The van der Waals surface area contributed by atoms with Crippen LogP contribution in [0.15, 0.2) is 24.3 Å². The van der Waals surface area contributed by atoms with Gasteiger partial charge in [0.1, 0.15) is 13.2 Å². The summed E-state index contributed by atoms with van der Waals surface area (Å²) in [6.45, 7) is 9.55. The number of aliphatic carboxylic acids is 2. The predicted octanol–water partition coefficient (Wildman–Crippen LogP) is 4.56. The van der Waals surface area contributed by atoms with Crippen molar-refractivity contribution in [2.75, 3.05) is 106 Å². The maximum absolute atomic E-state index is 12.2. The van der Waals surface area contributed by atoms with Crippen molar-refractivity contribution in [3.63, 3.8) is 0 Å². The smallest absolute Gasteiger partial charge is 0.550 e. The van der Waals surface area contributed by atoms with E-state index in [1.807, 2.05) is 24.3 Å². The van der Waals surface area contributed by atoms with Crippen LogP contribution < -0.4 is 69.3 Å². The molecule has 440 valence electrons.